The van der Waals surface area contributed by atoms with Crippen molar-refractivity contribution in [1.29, 1.82) is 0 Å². The van der Waals surface area contributed by atoms with Gasteiger partial charge in [-0.1, -0.05) is 19.1 Å². The highest BCUT2D eigenvalue weighted by molar-refractivity contribution is 7.91. The molecule has 1 aliphatic heterocycles. The number of sulfonamides is 1. The van der Waals surface area contributed by atoms with Crippen LogP contribution in [0.25, 0.3) is 0 Å². The maximum Gasteiger partial charge on any atom is 0.255 e. The number of hydrogen-bond donors (Lipinski definition) is 0. The molecule has 1 saturated heterocycles. The molecule has 0 aromatic heterocycles. The lowest BCUT2D eigenvalue weighted by Gasteiger charge is -2.34. The lowest BCUT2D eigenvalue weighted by atomic mass is 10.2. The van der Waals surface area contributed by atoms with E-state index in [4.69, 9.17) is 0 Å². The van der Waals surface area contributed by atoms with Gasteiger partial charge in [-0.3, -0.25) is 4.79 Å². The fourth-order valence-electron chi connectivity index (χ4n) is 2.82. The van der Waals surface area contributed by atoms with Gasteiger partial charge in [-0.05, 0) is 25.5 Å². The van der Waals surface area contributed by atoms with Gasteiger partial charge in [0.1, 0.15) is 0 Å². The molecule has 1 aromatic rings. The summed E-state index contributed by atoms with van der Waals surface area (Å²) in [7, 11) is -6.79. The van der Waals surface area contributed by atoms with Crippen LogP contribution >= 0.6 is 0 Å². The number of piperazine rings is 1. The third-order valence-corrected chi connectivity index (χ3v) is 8.06. The molecule has 0 radical (unpaired) electrons. The van der Waals surface area contributed by atoms with Crippen molar-refractivity contribution in [1.82, 2.24) is 9.21 Å². The van der Waals surface area contributed by atoms with E-state index in [0.717, 1.165) is 0 Å². The van der Waals surface area contributed by atoms with Crippen molar-refractivity contribution in [3.05, 3.63) is 29.8 Å². The van der Waals surface area contributed by atoms with Crippen LogP contribution in [0.2, 0.25) is 0 Å². The minimum atomic E-state index is -3.52. The standard InChI is InChI=1S/C16H24N2O5S2/c1-3-13-24(20,21)15-8-6-5-7-14(15)16(19)17-9-11-18(12-10-17)25(22,23)4-2/h5-8H,3-4,9-13H2,1-2H3. The van der Waals surface area contributed by atoms with Gasteiger partial charge in [0.25, 0.3) is 5.91 Å². The Kier molecular flexibility index (Phi) is 6.23. The molecule has 1 aliphatic rings. The summed E-state index contributed by atoms with van der Waals surface area (Å²) in [5, 5.41) is 0. The van der Waals surface area contributed by atoms with Crippen molar-refractivity contribution in [2.24, 2.45) is 0 Å². The van der Waals surface area contributed by atoms with Crippen molar-refractivity contribution in [3.63, 3.8) is 0 Å². The first kappa shape index (κ1) is 19.9. The third-order valence-electron chi connectivity index (χ3n) is 4.21. The summed E-state index contributed by atoms with van der Waals surface area (Å²) >= 11 is 0. The van der Waals surface area contributed by atoms with E-state index in [9.17, 15) is 21.6 Å². The second-order valence-corrected chi connectivity index (χ2v) is 10.2. The number of amides is 1. The lowest BCUT2D eigenvalue weighted by molar-refractivity contribution is 0.0694. The molecule has 140 valence electrons. The minimum absolute atomic E-state index is 0.0141. The number of carbonyl (C=O) groups excluding carboxylic acids is 1. The first-order chi connectivity index (χ1) is 11.7. The molecule has 0 saturated carbocycles. The molecule has 0 N–H and O–H groups in total. The molecule has 1 heterocycles. The summed E-state index contributed by atoms with van der Waals surface area (Å²) in [6, 6.07) is 6.21. The summed E-state index contributed by atoms with van der Waals surface area (Å²) in [5.74, 6) is -0.359. The highest BCUT2D eigenvalue weighted by Crippen LogP contribution is 2.20. The summed E-state index contributed by atoms with van der Waals surface area (Å²) < 4.78 is 50.0. The van der Waals surface area contributed by atoms with E-state index < -0.39 is 19.9 Å². The Bertz CT molecular complexity index is 826. The topological polar surface area (TPSA) is 91.8 Å². The van der Waals surface area contributed by atoms with Crippen LogP contribution in [0, 0.1) is 0 Å². The van der Waals surface area contributed by atoms with Crippen LogP contribution in [-0.2, 0) is 19.9 Å². The van der Waals surface area contributed by atoms with Gasteiger partial charge in [-0.15, -0.1) is 0 Å². The Morgan fingerprint density at radius 1 is 1.00 bits per heavy atom. The van der Waals surface area contributed by atoms with Gasteiger partial charge in [0.15, 0.2) is 9.84 Å². The molecule has 7 nitrogen and oxygen atoms in total. The van der Waals surface area contributed by atoms with Crippen LogP contribution in [0.3, 0.4) is 0 Å². The summed E-state index contributed by atoms with van der Waals surface area (Å²) in [6.07, 6.45) is 0.471. The quantitative estimate of drug-likeness (QED) is 0.724. The molecular formula is C16H24N2O5S2. The van der Waals surface area contributed by atoms with E-state index in [1.807, 2.05) is 0 Å². The Labute approximate surface area is 149 Å². The number of sulfone groups is 1. The van der Waals surface area contributed by atoms with Crippen molar-refractivity contribution >= 4 is 25.8 Å². The zero-order valence-corrected chi connectivity index (χ0v) is 16.1. The van der Waals surface area contributed by atoms with Gasteiger partial charge in [-0.2, -0.15) is 4.31 Å². The Balaban J connectivity index is 2.21. The zero-order chi connectivity index (χ0) is 18.7. The average molecular weight is 389 g/mol. The van der Waals surface area contributed by atoms with Crippen molar-refractivity contribution < 1.29 is 21.6 Å². The Morgan fingerprint density at radius 2 is 1.60 bits per heavy atom. The highest BCUT2D eigenvalue weighted by atomic mass is 32.2. The third kappa shape index (κ3) is 4.39. The van der Waals surface area contributed by atoms with Gasteiger partial charge >= 0.3 is 0 Å². The molecule has 25 heavy (non-hydrogen) atoms. The molecule has 9 heteroatoms. The maximum atomic E-state index is 12.8. The molecule has 0 unspecified atom stereocenters. The van der Waals surface area contributed by atoms with Crippen molar-refractivity contribution in [3.8, 4) is 0 Å². The second-order valence-electron chi connectivity index (χ2n) is 5.91. The first-order valence-electron chi connectivity index (χ1n) is 8.31. The van der Waals surface area contributed by atoms with E-state index in [1.165, 1.54) is 21.3 Å². The van der Waals surface area contributed by atoms with Crippen LogP contribution in [0.5, 0.6) is 0 Å². The number of rotatable bonds is 6. The molecule has 1 amide bonds. The SMILES string of the molecule is CCCS(=O)(=O)c1ccccc1C(=O)N1CCN(S(=O)(=O)CC)CC1. The van der Waals surface area contributed by atoms with Gasteiger partial charge in [0.05, 0.1) is 22.0 Å². The normalized spacial score (nSPS) is 16.8. The second kappa shape index (κ2) is 7.84. The summed E-state index contributed by atoms with van der Waals surface area (Å²) in [5.41, 5.74) is 0.155. The molecule has 1 fully saturated rings. The van der Waals surface area contributed by atoms with Crippen LogP contribution in [-0.4, -0.2) is 69.6 Å². The van der Waals surface area contributed by atoms with E-state index in [-0.39, 0.29) is 54.1 Å². The lowest BCUT2D eigenvalue weighted by Crippen LogP contribution is -2.51. The van der Waals surface area contributed by atoms with Gasteiger partial charge in [0.2, 0.25) is 10.0 Å². The summed E-state index contributed by atoms with van der Waals surface area (Å²) in [6.45, 7) is 4.31. The Morgan fingerprint density at radius 3 is 2.16 bits per heavy atom. The first-order valence-corrected chi connectivity index (χ1v) is 11.6. The van der Waals surface area contributed by atoms with E-state index >= 15 is 0 Å². The molecular weight excluding hydrogens is 364 g/mol. The number of carbonyl (C=O) groups is 1. The molecule has 0 aliphatic carbocycles. The molecule has 0 atom stereocenters. The number of nitrogens with zero attached hydrogens (tertiary/aromatic N) is 2. The van der Waals surface area contributed by atoms with E-state index in [2.05, 4.69) is 0 Å². The minimum Gasteiger partial charge on any atom is -0.336 e. The van der Waals surface area contributed by atoms with Gasteiger partial charge in [-0.25, -0.2) is 16.8 Å². The molecule has 0 spiro atoms. The fraction of sp³-hybridized carbons (Fsp3) is 0.562. The number of benzene rings is 1. The van der Waals surface area contributed by atoms with Crippen molar-refractivity contribution in [2.45, 2.75) is 25.2 Å². The number of hydrogen-bond acceptors (Lipinski definition) is 5. The summed E-state index contributed by atoms with van der Waals surface area (Å²) in [4.78, 5) is 14.4. The van der Waals surface area contributed by atoms with E-state index in [0.29, 0.717) is 6.42 Å². The fourth-order valence-corrected chi connectivity index (χ4v) is 5.43. The van der Waals surface area contributed by atoms with E-state index in [1.54, 1.807) is 26.0 Å². The van der Waals surface area contributed by atoms with Crippen LogP contribution in [0.1, 0.15) is 30.6 Å². The zero-order valence-electron chi connectivity index (χ0n) is 14.5. The van der Waals surface area contributed by atoms with Crippen LogP contribution < -0.4 is 0 Å². The molecule has 0 bridgehead atoms. The van der Waals surface area contributed by atoms with Crippen LogP contribution in [0.15, 0.2) is 29.2 Å². The predicted octanol–water partition coefficient (Wildman–Crippen LogP) is 0.978. The molecule has 1 aromatic carbocycles. The van der Waals surface area contributed by atoms with Crippen molar-refractivity contribution in [2.75, 3.05) is 37.7 Å². The molecule has 2 rings (SSSR count). The monoisotopic (exact) mass is 388 g/mol. The largest absolute Gasteiger partial charge is 0.336 e. The van der Waals surface area contributed by atoms with Gasteiger partial charge in [0, 0.05) is 26.2 Å². The van der Waals surface area contributed by atoms with Crippen LogP contribution in [0.4, 0.5) is 0 Å². The predicted molar refractivity (Wildman–Crippen MR) is 95.7 cm³/mol. The maximum absolute atomic E-state index is 12.8. The highest BCUT2D eigenvalue weighted by Gasteiger charge is 2.30. The average Bonchev–Trinajstić information content (AvgIpc) is 2.61. The Hall–Kier alpha value is -1.45. The van der Waals surface area contributed by atoms with Gasteiger partial charge < -0.3 is 4.90 Å². The smallest absolute Gasteiger partial charge is 0.255 e.